The molecule has 5 heteroatoms. The Kier molecular flexibility index (Phi) is 5.75. The largest absolute Gasteiger partial charge is 0.484 e. The molecule has 1 N–H and O–H groups in total. The Morgan fingerprint density at radius 1 is 1.04 bits per heavy atom. The van der Waals surface area contributed by atoms with E-state index in [4.69, 9.17) is 21.6 Å². The minimum atomic E-state index is -0.239. The van der Waals surface area contributed by atoms with E-state index < -0.39 is 0 Å². The summed E-state index contributed by atoms with van der Waals surface area (Å²) in [4.78, 5) is 12.1. The summed E-state index contributed by atoms with van der Waals surface area (Å²) in [6.07, 6.45) is 0. The molecule has 0 unspecified atom stereocenters. The van der Waals surface area contributed by atoms with Gasteiger partial charge < -0.3 is 10.1 Å². The minimum Gasteiger partial charge on any atom is -0.484 e. The summed E-state index contributed by atoms with van der Waals surface area (Å²) in [7, 11) is 0. The number of rotatable bonds is 5. The van der Waals surface area contributed by atoms with Crippen molar-refractivity contribution < 1.29 is 9.53 Å². The molecule has 1 amide bonds. The molecule has 0 heterocycles. The van der Waals surface area contributed by atoms with Gasteiger partial charge >= 0.3 is 0 Å². The average molecular weight is 377 g/mol. The fraction of sp³-hybridized carbons (Fsp3) is 0.0909. The Morgan fingerprint density at radius 3 is 2.26 bits per heavy atom. The van der Waals surface area contributed by atoms with Gasteiger partial charge in [0.1, 0.15) is 5.75 Å². The van der Waals surface area contributed by atoms with E-state index in [1.807, 2.05) is 43.3 Å². The molecule has 0 saturated carbocycles. The molecule has 3 aromatic carbocycles. The number of anilines is 1. The topological polar surface area (TPSA) is 62.1 Å². The summed E-state index contributed by atoms with van der Waals surface area (Å²) in [5, 5.41) is 12.3. The Bertz CT molecular complexity index is 990. The SMILES string of the molecule is Cc1cc(Cl)ccc1NC(=O)COc1ccc(-c2ccc(C#N)cc2)cc1. The van der Waals surface area contributed by atoms with Crippen molar-refractivity contribution in [2.24, 2.45) is 0 Å². The first-order chi connectivity index (χ1) is 13.0. The zero-order chi connectivity index (χ0) is 19.2. The number of hydrogen-bond acceptors (Lipinski definition) is 3. The second-order valence-electron chi connectivity index (χ2n) is 6.01. The van der Waals surface area contributed by atoms with Crippen LogP contribution < -0.4 is 10.1 Å². The van der Waals surface area contributed by atoms with E-state index in [-0.39, 0.29) is 12.5 Å². The third-order valence-corrected chi connectivity index (χ3v) is 4.27. The van der Waals surface area contributed by atoms with Crippen molar-refractivity contribution in [2.45, 2.75) is 6.92 Å². The zero-order valence-corrected chi connectivity index (χ0v) is 15.5. The smallest absolute Gasteiger partial charge is 0.262 e. The molecule has 3 rings (SSSR count). The van der Waals surface area contributed by atoms with Gasteiger partial charge in [0.25, 0.3) is 5.91 Å². The van der Waals surface area contributed by atoms with Crippen LogP contribution in [0.25, 0.3) is 11.1 Å². The van der Waals surface area contributed by atoms with E-state index in [9.17, 15) is 4.79 Å². The number of amides is 1. The number of halogens is 1. The van der Waals surface area contributed by atoms with Gasteiger partial charge in [-0.2, -0.15) is 5.26 Å². The highest BCUT2D eigenvalue weighted by atomic mass is 35.5. The quantitative estimate of drug-likeness (QED) is 0.665. The van der Waals surface area contributed by atoms with E-state index in [0.29, 0.717) is 22.0 Å². The molecule has 0 aliphatic heterocycles. The number of nitrogens with one attached hydrogen (secondary N) is 1. The van der Waals surface area contributed by atoms with Crippen LogP contribution in [0.3, 0.4) is 0 Å². The van der Waals surface area contributed by atoms with Crippen LogP contribution in [0.4, 0.5) is 5.69 Å². The number of aryl methyl sites for hydroxylation is 1. The molecular formula is C22H17ClN2O2. The first-order valence-electron chi connectivity index (χ1n) is 8.34. The van der Waals surface area contributed by atoms with Gasteiger partial charge in [-0.3, -0.25) is 4.79 Å². The molecular weight excluding hydrogens is 360 g/mol. The lowest BCUT2D eigenvalue weighted by Crippen LogP contribution is -2.20. The highest BCUT2D eigenvalue weighted by molar-refractivity contribution is 6.30. The van der Waals surface area contributed by atoms with E-state index >= 15 is 0 Å². The predicted molar refractivity (Wildman–Crippen MR) is 107 cm³/mol. The lowest BCUT2D eigenvalue weighted by Gasteiger charge is -2.10. The zero-order valence-electron chi connectivity index (χ0n) is 14.7. The Balaban J connectivity index is 1.58. The molecule has 0 spiro atoms. The monoisotopic (exact) mass is 376 g/mol. The number of hydrogen-bond donors (Lipinski definition) is 1. The maximum atomic E-state index is 12.1. The summed E-state index contributed by atoms with van der Waals surface area (Å²) >= 11 is 5.92. The summed E-state index contributed by atoms with van der Waals surface area (Å²) in [5.74, 6) is 0.368. The number of benzene rings is 3. The molecule has 0 radical (unpaired) electrons. The number of nitrogens with zero attached hydrogens (tertiary/aromatic N) is 1. The van der Waals surface area contributed by atoms with E-state index in [2.05, 4.69) is 11.4 Å². The number of ether oxygens (including phenoxy) is 1. The molecule has 0 fully saturated rings. The molecule has 0 saturated heterocycles. The average Bonchev–Trinajstić information content (AvgIpc) is 2.69. The Morgan fingerprint density at radius 2 is 1.67 bits per heavy atom. The summed E-state index contributed by atoms with van der Waals surface area (Å²) in [6, 6.07) is 22.2. The van der Waals surface area contributed by atoms with E-state index in [1.165, 1.54) is 0 Å². The molecule has 0 bridgehead atoms. The maximum Gasteiger partial charge on any atom is 0.262 e. The Hall–Kier alpha value is -3.29. The van der Waals surface area contributed by atoms with Crippen LogP contribution in [-0.2, 0) is 4.79 Å². The van der Waals surface area contributed by atoms with Gasteiger partial charge in [0.05, 0.1) is 11.6 Å². The molecule has 27 heavy (non-hydrogen) atoms. The van der Waals surface area contributed by atoms with Crippen LogP contribution in [0, 0.1) is 18.3 Å². The maximum absolute atomic E-state index is 12.1. The number of carbonyl (C=O) groups is 1. The molecule has 134 valence electrons. The normalized spacial score (nSPS) is 10.1. The third-order valence-electron chi connectivity index (χ3n) is 4.03. The van der Waals surface area contributed by atoms with Gasteiger partial charge in [-0.1, -0.05) is 35.9 Å². The highest BCUT2D eigenvalue weighted by Crippen LogP contribution is 2.23. The molecule has 0 aliphatic rings. The second-order valence-corrected chi connectivity index (χ2v) is 6.45. The summed E-state index contributed by atoms with van der Waals surface area (Å²) in [6.45, 7) is 1.79. The van der Waals surface area contributed by atoms with Crippen LogP contribution in [-0.4, -0.2) is 12.5 Å². The van der Waals surface area contributed by atoms with Gasteiger partial charge in [-0.15, -0.1) is 0 Å². The van der Waals surface area contributed by atoms with Gasteiger partial charge in [-0.25, -0.2) is 0 Å². The first-order valence-corrected chi connectivity index (χ1v) is 8.72. The Labute approximate surface area is 163 Å². The number of nitriles is 1. The van der Waals surface area contributed by atoms with E-state index in [0.717, 1.165) is 16.7 Å². The third kappa shape index (κ3) is 4.87. The fourth-order valence-corrected chi connectivity index (χ4v) is 2.81. The van der Waals surface area contributed by atoms with E-state index in [1.54, 1.807) is 30.3 Å². The van der Waals surface area contributed by atoms with Gasteiger partial charge in [0, 0.05) is 10.7 Å². The van der Waals surface area contributed by atoms with Crippen LogP contribution >= 0.6 is 11.6 Å². The molecule has 4 nitrogen and oxygen atoms in total. The summed E-state index contributed by atoms with van der Waals surface area (Å²) < 4.78 is 5.55. The van der Waals surface area contributed by atoms with Crippen LogP contribution in [0.1, 0.15) is 11.1 Å². The van der Waals surface area contributed by atoms with Crippen molar-refractivity contribution in [3.05, 3.63) is 82.9 Å². The van der Waals surface area contributed by atoms with Crippen LogP contribution in [0.5, 0.6) is 5.75 Å². The predicted octanol–water partition coefficient (Wildman–Crippen LogP) is 5.20. The van der Waals surface area contributed by atoms with Gasteiger partial charge in [0.2, 0.25) is 0 Å². The lowest BCUT2D eigenvalue weighted by atomic mass is 10.0. The van der Waals surface area contributed by atoms with Crippen LogP contribution in [0.15, 0.2) is 66.7 Å². The second kappa shape index (κ2) is 8.39. The first kappa shape index (κ1) is 18.5. The lowest BCUT2D eigenvalue weighted by molar-refractivity contribution is -0.118. The highest BCUT2D eigenvalue weighted by Gasteiger charge is 2.07. The molecule has 0 aromatic heterocycles. The number of carbonyl (C=O) groups excluding carboxylic acids is 1. The minimum absolute atomic E-state index is 0.0850. The van der Waals surface area contributed by atoms with Gasteiger partial charge in [0.15, 0.2) is 6.61 Å². The summed E-state index contributed by atoms with van der Waals surface area (Å²) in [5.41, 5.74) is 4.25. The van der Waals surface area contributed by atoms with Crippen molar-refractivity contribution in [3.63, 3.8) is 0 Å². The molecule has 0 aliphatic carbocycles. The fourth-order valence-electron chi connectivity index (χ4n) is 2.58. The van der Waals surface area contributed by atoms with Crippen molar-refractivity contribution in [1.29, 1.82) is 5.26 Å². The van der Waals surface area contributed by atoms with Crippen molar-refractivity contribution in [1.82, 2.24) is 0 Å². The van der Waals surface area contributed by atoms with Gasteiger partial charge in [-0.05, 0) is 66.1 Å². The standard InChI is InChI=1S/C22H17ClN2O2/c1-15-12-19(23)8-11-21(15)25-22(26)14-27-20-9-6-18(7-10-20)17-4-2-16(13-24)3-5-17/h2-12H,14H2,1H3,(H,25,26). The van der Waals surface area contributed by atoms with Crippen molar-refractivity contribution in [2.75, 3.05) is 11.9 Å². The molecule has 0 atom stereocenters. The van der Waals surface area contributed by atoms with Crippen molar-refractivity contribution >= 4 is 23.2 Å². The van der Waals surface area contributed by atoms with Crippen LogP contribution in [0.2, 0.25) is 5.02 Å². The molecule has 3 aromatic rings. The van der Waals surface area contributed by atoms with Crippen molar-refractivity contribution in [3.8, 4) is 22.9 Å².